The number of amides is 1. The Bertz CT molecular complexity index is 808. The van der Waals surface area contributed by atoms with Crippen LogP contribution in [0.5, 0.6) is 0 Å². The molecule has 0 saturated heterocycles. The van der Waals surface area contributed by atoms with Gasteiger partial charge in [0.1, 0.15) is 0 Å². The van der Waals surface area contributed by atoms with Crippen molar-refractivity contribution in [3.63, 3.8) is 0 Å². The number of hydrogen-bond acceptors (Lipinski definition) is 4. The molecule has 0 aliphatic carbocycles. The minimum atomic E-state index is -0.0689. The Morgan fingerprint density at radius 2 is 2.10 bits per heavy atom. The van der Waals surface area contributed by atoms with E-state index in [4.69, 9.17) is 0 Å². The molecule has 0 atom stereocenters. The van der Waals surface area contributed by atoms with E-state index in [0.717, 1.165) is 10.9 Å². The highest BCUT2D eigenvalue weighted by Gasteiger charge is 2.17. The molecule has 106 valence electrons. The lowest BCUT2D eigenvalue weighted by Crippen LogP contribution is -2.22. The molecular formula is C15H15N5O. The molecule has 0 bridgehead atoms. The van der Waals surface area contributed by atoms with Crippen LogP contribution in [0.3, 0.4) is 0 Å². The summed E-state index contributed by atoms with van der Waals surface area (Å²) in [7, 11) is 5.27. The number of carbonyl (C=O) groups is 1. The lowest BCUT2D eigenvalue weighted by Gasteiger charge is -2.12. The zero-order chi connectivity index (χ0) is 15.0. The summed E-state index contributed by atoms with van der Waals surface area (Å²) < 4.78 is 1.67. The van der Waals surface area contributed by atoms with Crippen LogP contribution >= 0.6 is 0 Å². The van der Waals surface area contributed by atoms with E-state index in [1.54, 1.807) is 48.3 Å². The van der Waals surface area contributed by atoms with E-state index in [1.807, 2.05) is 19.2 Å². The second kappa shape index (κ2) is 4.97. The first-order valence-corrected chi connectivity index (χ1v) is 6.52. The fraction of sp³-hybridized carbons (Fsp3) is 0.200. The highest BCUT2D eigenvalue weighted by atomic mass is 16.2. The Labute approximate surface area is 122 Å². The van der Waals surface area contributed by atoms with Crippen LogP contribution in [0.15, 0.2) is 36.8 Å². The van der Waals surface area contributed by atoms with Gasteiger partial charge in [-0.15, -0.1) is 0 Å². The maximum atomic E-state index is 12.4. The van der Waals surface area contributed by atoms with Crippen LogP contribution in [-0.4, -0.2) is 44.7 Å². The van der Waals surface area contributed by atoms with Gasteiger partial charge in [0, 0.05) is 39.1 Å². The summed E-state index contributed by atoms with van der Waals surface area (Å²) in [5.74, 6) is -0.0689. The van der Waals surface area contributed by atoms with Crippen LogP contribution in [-0.2, 0) is 7.05 Å². The number of aryl methyl sites for hydroxylation is 1. The first-order chi connectivity index (χ1) is 10.1. The van der Waals surface area contributed by atoms with Crippen molar-refractivity contribution in [3.8, 4) is 11.3 Å². The van der Waals surface area contributed by atoms with Gasteiger partial charge in [-0.2, -0.15) is 5.10 Å². The smallest absolute Gasteiger partial charge is 0.254 e. The number of carbonyl (C=O) groups excluding carboxylic acids is 1. The number of nitrogens with zero attached hydrogens (tertiary/aromatic N) is 5. The van der Waals surface area contributed by atoms with Crippen molar-refractivity contribution in [2.75, 3.05) is 14.1 Å². The first kappa shape index (κ1) is 13.2. The molecule has 0 unspecified atom stereocenters. The molecule has 0 saturated carbocycles. The summed E-state index contributed by atoms with van der Waals surface area (Å²) in [5, 5.41) is 4.95. The van der Waals surface area contributed by atoms with Crippen LogP contribution in [0.4, 0.5) is 0 Å². The highest BCUT2D eigenvalue weighted by molar-refractivity contribution is 6.06. The zero-order valence-electron chi connectivity index (χ0n) is 12.1. The molecule has 6 heteroatoms. The molecule has 3 aromatic heterocycles. The summed E-state index contributed by atoms with van der Waals surface area (Å²) >= 11 is 0. The Kier molecular flexibility index (Phi) is 3.13. The Morgan fingerprint density at radius 1 is 1.29 bits per heavy atom. The summed E-state index contributed by atoms with van der Waals surface area (Å²) in [4.78, 5) is 22.6. The molecule has 0 radical (unpaired) electrons. The second-order valence-corrected chi connectivity index (χ2v) is 5.00. The van der Waals surface area contributed by atoms with E-state index < -0.39 is 0 Å². The summed E-state index contributed by atoms with van der Waals surface area (Å²) in [6.07, 6.45) is 5.11. The summed E-state index contributed by atoms with van der Waals surface area (Å²) in [6.45, 7) is 0. The van der Waals surface area contributed by atoms with Crippen LogP contribution < -0.4 is 0 Å². The van der Waals surface area contributed by atoms with Crippen molar-refractivity contribution in [2.45, 2.75) is 0 Å². The van der Waals surface area contributed by atoms with Crippen molar-refractivity contribution in [1.29, 1.82) is 0 Å². The standard InChI is InChI=1S/C15H15N5O/c1-19(2)15(21)11-7-13(10-5-4-6-16-8-10)18-14-12(11)9-17-20(14)3/h4-9H,1-3H3. The fourth-order valence-corrected chi connectivity index (χ4v) is 2.19. The molecule has 0 spiro atoms. The number of hydrogen-bond donors (Lipinski definition) is 0. The van der Waals surface area contributed by atoms with E-state index in [9.17, 15) is 4.79 Å². The molecule has 0 fully saturated rings. The maximum Gasteiger partial charge on any atom is 0.254 e. The highest BCUT2D eigenvalue weighted by Crippen LogP contribution is 2.24. The molecule has 3 rings (SSSR count). The van der Waals surface area contributed by atoms with Crippen molar-refractivity contribution in [3.05, 3.63) is 42.4 Å². The van der Waals surface area contributed by atoms with Gasteiger partial charge in [-0.05, 0) is 18.2 Å². The SMILES string of the molecule is CN(C)C(=O)c1cc(-c2cccnc2)nc2c1cnn2C. The monoisotopic (exact) mass is 281 g/mol. The molecular weight excluding hydrogens is 266 g/mol. The number of pyridine rings is 2. The summed E-state index contributed by atoms with van der Waals surface area (Å²) in [5.41, 5.74) is 2.86. The average molecular weight is 281 g/mol. The van der Waals surface area contributed by atoms with Gasteiger partial charge in [-0.1, -0.05) is 0 Å². The predicted octanol–water partition coefficient (Wildman–Crippen LogP) is 1.73. The van der Waals surface area contributed by atoms with Gasteiger partial charge in [-0.3, -0.25) is 14.5 Å². The van der Waals surface area contributed by atoms with E-state index in [2.05, 4.69) is 15.1 Å². The summed E-state index contributed by atoms with van der Waals surface area (Å²) in [6, 6.07) is 5.56. The van der Waals surface area contributed by atoms with E-state index in [1.165, 1.54) is 0 Å². The molecule has 6 nitrogen and oxygen atoms in total. The van der Waals surface area contributed by atoms with Crippen molar-refractivity contribution in [1.82, 2.24) is 24.6 Å². The first-order valence-electron chi connectivity index (χ1n) is 6.52. The minimum absolute atomic E-state index is 0.0689. The van der Waals surface area contributed by atoms with Crippen molar-refractivity contribution < 1.29 is 4.79 Å². The number of fused-ring (bicyclic) bond motifs is 1. The Hall–Kier alpha value is -2.76. The third-order valence-electron chi connectivity index (χ3n) is 3.30. The molecule has 0 aliphatic heterocycles. The fourth-order valence-electron chi connectivity index (χ4n) is 2.19. The molecule has 1 amide bonds. The maximum absolute atomic E-state index is 12.4. The molecule has 0 aliphatic rings. The van der Waals surface area contributed by atoms with E-state index >= 15 is 0 Å². The quantitative estimate of drug-likeness (QED) is 0.717. The molecule has 0 N–H and O–H groups in total. The van der Waals surface area contributed by atoms with Crippen LogP contribution in [0.2, 0.25) is 0 Å². The lowest BCUT2D eigenvalue weighted by atomic mass is 10.1. The van der Waals surface area contributed by atoms with Gasteiger partial charge in [-0.25, -0.2) is 4.98 Å². The normalized spacial score (nSPS) is 10.8. The Morgan fingerprint density at radius 3 is 2.76 bits per heavy atom. The van der Waals surface area contributed by atoms with Gasteiger partial charge in [0.2, 0.25) is 0 Å². The average Bonchev–Trinajstić information content (AvgIpc) is 2.88. The van der Waals surface area contributed by atoms with Crippen molar-refractivity contribution in [2.24, 2.45) is 7.05 Å². The van der Waals surface area contributed by atoms with Gasteiger partial charge in [0.15, 0.2) is 5.65 Å². The predicted molar refractivity (Wildman–Crippen MR) is 79.8 cm³/mol. The third kappa shape index (κ3) is 2.24. The van der Waals surface area contributed by atoms with Crippen LogP contribution in [0, 0.1) is 0 Å². The molecule has 21 heavy (non-hydrogen) atoms. The second-order valence-electron chi connectivity index (χ2n) is 5.00. The van der Waals surface area contributed by atoms with E-state index in [-0.39, 0.29) is 5.91 Å². The lowest BCUT2D eigenvalue weighted by molar-refractivity contribution is 0.0829. The van der Waals surface area contributed by atoms with Gasteiger partial charge >= 0.3 is 0 Å². The van der Waals surface area contributed by atoms with Gasteiger partial charge in [0.05, 0.1) is 22.8 Å². The molecule has 0 aromatic carbocycles. The zero-order valence-corrected chi connectivity index (χ0v) is 12.1. The molecule has 3 aromatic rings. The van der Waals surface area contributed by atoms with Crippen LogP contribution in [0.1, 0.15) is 10.4 Å². The minimum Gasteiger partial charge on any atom is -0.345 e. The van der Waals surface area contributed by atoms with Crippen LogP contribution in [0.25, 0.3) is 22.3 Å². The Balaban J connectivity index is 2.28. The van der Waals surface area contributed by atoms with Gasteiger partial charge < -0.3 is 4.90 Å². The van der Waals surface area contributed by atoms with Crippen molar-refractivity contribution >= 4 is 16.9 Å². The third-order valence-corrected chi connectivity index (χ3v) is 3.30. The topological polar surface area (TPSA) is 63.9 Å². The number of rotatable bonds is 2. The molecule has 3 heterocycles. The number of aromatic nitrogens is 4. The largest absolute Gasteiger partial charge is 0.345 e. The van der Waals surface area contributed by atoms with E-state index in [0.29, 0.717) is 16.9 Å². The van der Waals surface area contributed by atoms with Gasteiger partial charge in [0.25, 0.3) is 5.91 Å².